The zero-order valence-corrected chi connectivity index (χ0v) is 16.4. The smallest absolute Gasteiger partial charge is 0.259 e. The molecule has 134 valence electrons. The van der Waals surface area contributed by atoms with Crippen molar-refractivity contribution in [1.82, 2.24) is 9.78 Å². The molecule has 0 unspecified atom stereocenters. The lowest BCUT2D eigenvalue weighted by Gasteiger charge is -2.08. The molecule has 0 aliphatic carbocycles. The number of benzene rings is 2. The van der Waals surface area contributed by atoms with Crippen LogP contribution in [0.1, 0.15) is 32.9 Å². The molecule has 0 spiro atoms. The number of hydrogen-bond acceptors (Lipinski definition) is 3. The highest BCUT2D eigenvalue weighted by Crippen LogP contribution is 2.21. The highest BCUT2D eigenvalue weighted by Gasteiger charge is 2.19. The summed E-state index contributed by atoms with van der Waals surface area (Å²) in [6.45, 7) is 6.55. The number of thioether (sulfide) groups is 1. The minimum Gasteiger partial charge on any atom is -0.322 e. The normalized spacial score (nSPS) is 10.8. The van der Waals surface area contributed by atoms with E-state index in [0.717, 1.165) is 22.0 Å². The van der Waals surface area contributed by atoms with Gasteiger partial charge in [-0.15, -0.1) is 11.8 Å². The van der Waals surface area contributed by atoms with Crippen LogP contribution in [0.3, 0.4) is 0 Å². The van der Waals surface area contributed by atoms with E-state index < -0.39 is 0 Å². The molecule has 1 heterocycles. The molecule has 0 aliphatic rings. The predicted octanol–water partition coefficient (Wildman–Crippen LogP) is 4.83. The van der Waals surface area contributed by atoms with E-state index in [1.807, 2.05) is 49.1 Å². The number of aryl methyl sites for hydroxylation is 2. The second-order valence-electron chi connectivity index (χ2n) is 6.38. The lowest BCUT2D eigenvalue weighted by atomic mass is 10.1. The first-order valence-electron chi connectivity index (χ1n) is 8.53. The first-order chi connectivity index (χ1) is 12.5. The number of carbonyl (C=O) groups is 1. The third-order valence-corrected chi connectivity index (χ3v) is 5.11. The third-order valence-electron chi connectivity index (χ3n) is 4.39. The summed E-state index contributed by atoms with van der Waals surface area (Å²) < 4.78 is 1.90. The second kappa shape index (κ2) is 7.79. The zero-order chi connectivity index (χ0) is 18.7. The van der Waals surface area contributed by atoms with E-state index in [0.29, 0.717) is 12.1 Å². The summed E-state index contributed by atoms with van der Waals surface area (Å²) in [6.07, 6.45) is 2.02. The summed E-state index contributed by atoms with van der Waals surface area (Å²) in [5.74, 6) is -0.117. The number of nitrogens with one attached hydrogen (secondary N) is 1. The fraction of sp³-hybridized carbons (Fsp3) is 0.238. The topological polar surface area (TPSA) is 46.9 Å². The number of anilines is 1. The van der Waals surface area contributed by atoms with Gasteiger partial charge in [-0.1, -0.05) is 35.9 Å². The highest BCUT2D eigenvalue weighted by atomic mass is 32.2. The van der Waals surface area contributed by atoms with Gasteiger partial charge in [0, 0.05) is 16.3 Å². The summed E-state index contributed by atoms with van der Waals surface area (Å²) in [4.78, 5) is 13.9. The van der Waals surface area contributed by atoms with Gasteiger partial charge in [0.15, 0.2) is 0 Å². The van der Waals surface area contributed by atoms with Crippen LogP contribution < -0.4 is 5.32 Å². The Morgan fingerprint density at radius 2 is 1.85 bits per heavy atom. The average Bonchev–Trinajstić information content (AvgIpc) is 2.90. The molecule has 1 amide bonds. The third kappa shape index (κ3) is 3.99. The first-order valence-corrected chi connectivity index (χ1v) is 9.75. The van der Waals surface area contributed by atoms with Gasteiger partial charge < -0.3 is 5.32 Å². The van der Waals surface area contributed by atoms with Gasteiger partial charge in [0.05, 0.1) is 17.8 Å². The molecule has 3 aromatic rings. The van der Waals surface area contributed by atoms with Crippen LogP contribution in [0.4, 0.5) is 5.69 Å². The van der Waals surface area contributed by atoms with Crippen molar-refractivity contribution in [3.8, 4) is 0 Å². The molecule has 0 fully saturated rings. The Hall–Kier alpha value is -2.53. The molecule has 4 nitrogen and oxygen atoms in total. The quantitative estimate of drug-likeness (QED) is 0.659. The van der Waals surface area contributed by atoms with E-state index in [-0.39, 0.29) is 5.91 Å². The molecule has 1 N–H and O–H groups in total. The Balaban J connectivity index is 1.82. The van der Waals surface area contributed by atoms with Gasteiger partial charge in [-0.3, -0.25) is 9.48 Å². The zero-order valence-electron chi connectivity index (χ0n) is 15.5. The van der Waals surface area contributed by atoms with Crippen LogP contribution in [0.15, 0.2) is 53.4 Å². The van der Waals surface area contributed by atoms with Crippen LogP contribution in [0.2, 0.25) is 0 Å². The second-order valence-corrected chi connectivity index (χ2v) is 7.25. The molecule has 0 aliphatic heterocycles. The fourth-order valence-electron chi connectivity index (χ4n) is 2.94. The van der Waals surface area contributed by atoms with Gasteiger partial charge in [0.2, 0.25) is 0 Å². The first kappa shape index (κ1) is 18.3. The molecule has 5 heteroatoms. The van der Waals surface area contributed by atoms with E-state index in [9.17, 15) is 4.79 Å². The van der Waals surface area contributed by atoms with Crippen LogP contribution in [0, 0.1) is 20.8 Å². The molecule has 0 radical (unpaired) electrons. The van der Waals surface area contributed by atoms with Crippen molar-refractivity contribution < 1.29 is 4.79 Å². The predicted molar refractivity (Wildman–Crippen MR) is 108 cm³/mol. The Kier molecular flexibility index (Phi) is 5.47. The van der Waals surface area contributed by atoms with Crippen molar-refractivity contribution in [1.29, 1.82) is 0 Å². The molecular formula is C21H23N3OS. The maximum Gasteiger partial charge on any atom is 0.259 e. The summed E-state index contributed by atoms with van der Waals surface area (Å²) >= 11 is 1.65. The Morgan fingerprint density at radius 3 is 2.54 bits per heavy atom. The van der Waals surface area contributed by atoms with E-state index in [1.165, 1.54) is 11.1 Å². The Labute approximate surface area is 158 Å². The number of rotatable bonds is 5. The van der Waals surface area contributed by atoms with E-state index in [1.54, 1.807) is 11.8 Å². The van der Waals surface area contributed by atoms with Crippen molar-refractivity contribution in [3.63, 3.8) is 0 Å². The molecule has 0 bridgehead atoms. The van der Waals surface area contributed by atoms with E-state index in [2.05, 4.69) is 41.6 Å². The number of amides is 1. The number of carbonyl (C=O) groups excluding carboxylic acids is 1. The molecular weight excluding hydrogens is 342 g/mol. The van der Waals surface area contributed by atoms with Crippen molar-refractivity contribution >= 4 is 23.4 Å². The van der Waals surface area contributed by atoms with Gasteiger partial charge in [0.1, 0.15) is 0 Å². The van der Waals surface area contributed by atoms with Crippen LogP contribution in [0.25, 0.3) is 0 Å². The van der Waals surface area contributed by atoms with E-state index in [4.69, 9.17) is 0 Å². The van der Waals surface area contributed by atoms with Crippen LogP contribution >= 0.6 is 11.8 Å². The Morgan fingerprint density at radius 1 is 1.12 bits per heavy atom. The fourth-order valence-corrected chi connectivity index (χ4v) is 3.40. The standard InChI is InChI=1S/C21H23N3OS/c1-14-8-10-17(11-9-14)13-24-16(3)20(15(2)23-24)21(25)22-18-6-5-7-19(12-18)26-4/h5-12H,13H2,1-4H3,(H,22,25). The van der Waals surface area contributed by atoms with Crippen LogP contribution in [-0.2, 0) is 6.54 Å². The molecule has 0 saturated carbocycles. The Bertz CT molecular complexity index is 929. The van der Waals surface area contributed by atoms with Gasteiger partial charge in [-0.05, 0) is 50.8 Å². The van der Waals surface area contributed by atoms with Gasteiger partial charge >= 0.3 is 0 Å². The maximum atomic E-state index is 12.8. The van der Waals surface area contributed by atoms with Gasteiger partial charge in [-0.2, -0.15) is 5.10 Å². The van der Waals surface area contributed by atoms with Crippen molar-refractivity contribution in [3.05, 3.63) is 76.6 Å². The summed E-state index contributed by atoms with van der Waals surface area (Å²) in [7, 11) is 0. The minimum atomic E-state index is -0.117. The highest BCUT2D eigenvalue weighted by molar-refractivity contribution is 7.98. The van der Waals surface area contributed by atoms with E-state index >= 15 is 0 Å². The van der Waals surface area contributed by atoms with Crippen molar-refractivity contribution in [2.45, 2.75) is 32.2 Å². The molecule has 26 heavy (non-hydrogen) atoms. The number of aromatic nitrogens is 2. The molecule has 2 aromatic carbocycles. The molecule has 1 aromatic heterocycles. The van der Waals surface area contributed by atoms with Crippen LogP contribution in [-0.4, -0.2) is 21.9 Å². The lowest BCUT2D eigenvalue weighted by molar-refractivity contribution is 0.102. The number of nitrogens with zero attached hydrogens (tertiary/aromatic N) is 2. The van der Waals surface area contributed by atoms with Crippen molar-refractivity contribution in [2.24, 2.45) is 0 Å². The van der Waals surface area contributed by atoms with Crippen molar-refractivity contribution in [2.75, 3.05) is 11.6 Å². The maximum absolute atomic E-state index is 12.8. The molecule has 0 atom stereocenters. The minimum absolute atomic E-state index is 0.117. The largest absolute Gasteiger partial charge is 0.322 e. The summed E-state index contributed by atoms with van der Waals surface area (Å²) in [5.41, 5.74) is 5.46. The summed E-state index contributed by atoms with van der Waals surface area (Å²) in [5, 5.41) is 7.57. The van der Waals surface area contributed by atoms with Gasteiger partial charge in [-0.25, -0.2) is 0 Å². The lowest BCUT2D eigenvalue weighted by Crippen LogP contribution is -2.14. The molecule has 3 rings (SSSR count). The molecule has 0 saturated heterocycles. The van der Waals surface area contributed by atoms with Crippen LogP contribution in [0.5, 0.6) is 0 Å². The average molecular weight is 366 g/mol. The monoisotopic (exact) mass is 365 g/mol. The summed E-state index contributed by atoms with van der Waals surface area (Å²) in [6, 6.07) is 16.2. The SMILES string of the molecule is CSc1cccc(NC(=O)c2c(C)nn(Cc3ccc(C)cc3)c2C)c1. The number of hydrogen-bond donors (Lipinski definition) is 1. The van der Waals surface area contributed by atoms with Gasteiger partial charge in [0.25, 0.3) is 5.91 Å².